The molecule has 0 bridgehead atoms. The summed E-state index contributed by atoms with van der Waals surface area (Å²) in [4.78, 5) is 14.0. The lowest BCUT2D eigenvalue weighted by Gasteiger charge is -2.19. The first-order chi connectivity index (χ1) is 8.80. The van der Waals surface area contributed by atoms with Gasteiger partial charge < -0.3 is 10.2 Å². The van der Waals surface area contributed by atoms with Crippen LogP contribution in [0.1, 0.15) is 43.1 Å². The molecule has 0 saturated carbocycles. The molecule has 0 radical (unpaired) electrons. The van der Waals surface area contributed by atoms with Crippen molar-refractivity contribution in [2.45, 2.75) is 32.6 Å². The van der Waals surface area contributed by atoms with Crippen LogP contribution in [0.5, 0.6) is 0 Å². The summed E-state index contributed by atoms with van der Waals surface area (Å²) in [5, 5.41) is 2.95. The highest BCUT2D eigenvalue weighted by Gasteiger charge is 2.14. The summed E-state index contributed by atoms with van der Waals surface area (Å²) in [6.07, 6.45) is 0.971. The summed E-state index contributed by atoms with van der Waals surface area (Å²) in [6.45, 7) is 8.22. The van der Waals surface area contributed by atoms with Gasteiger partial charge in [0.25, 0.3) is 5.91 Å². The van der Waals surface area contributed by atoms with Gasteiger partial charge in [-0.15, -0.1) is 0 Å². The molecular weight excluding hydrogens is 236 g/mol. The van der Waals surface area contributed by atoms with Gasteiger partial charge >= 0.3 is 0 Å². The van der Waals surface area contributed by atoms with E-state index in [1.54, 1.807) is 0 Å². The maximum absolute atomic E-state index is 11.9. The summed E-state index contributed by atoms with van der Waals surface area (Å²) >= 11 is 0. The molecule has 1 amide bonds. The van der Waals surface area contributed by atoms with Crippen molar-refractivity contribution >= 4 is 5.91 Å². The molecule has 3 heteroatoms. The third kappa shape index (κ3) is 5.43. The second kappa shape index (κ2) is 6.71. The van der Waals surface area contributed by atoms with E-state index in [0.29, 0.717) is 0 Å². The average molecular weight is 262 g/mol. The Kier molecular flexibility index (Phi) is 5.55. The van der Waals surface area contributed by atoms with Gasteiger partial charge in [0.05, 0.1) is 0 Å². The summed E-state index contributed by atoms with van der Waals surface area (Å²) in [6, 6.07) is 7.88. The van der Waals surface area contributed by atoms with E-state index in [2.05, 4.69) is 31.0 Å². The smallest absolute Gasteiger partial charge is 0.251 e. The second-order valence-electron chi connectivity index (χ2n) is 6.24. The number of carbonyl (C=O) groups is 1. The molecule has 1 aromatic carbocycles. The van der Waals surface area contributed by atoms with Gasteiger partial charge in [-0.25, -0.2) is 0 Å². The Hall–Kier alpha value is -1.35. The van der Waals surface area contributed by atoms with Crippen LogP contribution in [0.2, 0.25) is 0 Å². The van der Waals surface area contributed by atoms with Crippen LogP contribution in [-0.4, -0.2) is 38.0 Å². The van der Waals surface area contributed by atoms with Crippen molar-refractivity contribution in [1.29, 1.82) is 0 Å². The van der Waals surface area contributed by atoms with Crippen LogP contribution in [0.3, 0.4) is 0 Å². The highest BCUT2D eigenvalue weighted by molar-refractivity contribution is 5.94. The standard InChI is InChI=1S/C16H26N2O/c1-16(2,3)14-9-7-13(8-10-14)15(19)17-11-6-12-18(4)5/h7-10H,6,11-12H2,1-5H3,(H,17,19). The monoisotopic (exact) mass is 262 g/mol. The number of hydrogen-bond acceptors (Lipinski definition) is 2. The third-order valence-corrected chi connectivity index (χ3v) is 3.08. The first-order valence-corrected chi connectivity index (χ1v) is 6.84. The van der Waals surface area contributed by atoms with Gasteiger partial charge in [0, 0.05) is 12.1 Å². The molecule has 0 aliphatic carbocycles. The lowest BCUT2D eigenvalue weighted by Crippen LogP contribution is -2.27. The summed E-state index contributed by atoms with van der Waals surface area (Å²) in [5.41, 5.74) is 2.11. The number of amides is 1. The van der Waals surface area contributed by atoms with Gasteiger partial charge in [-0.3, -0.25) is 4.79 Å². The van der Waals surface area contributed by atoms with E-state index < -0.39 is 0 Å². The van der Waals surface area contributed by atoms with E-state index >= 15 is 0 Å². The van der Waals surface area contributed by atoms with Crippen LogP contribution in [0, 0.1) is 0 Å². The number of nitrogens with one attached hydrogen (secondary N) is 1. The Labute approximate surface area is 117 Å². The van der Waals surface area contributed by atoms with Crippen LogP contribution in [0.4, 0.5) is 0 Å². The Morgan fingerprint density at radius 3 is 2.21 bits per heavy atom. The first-order valence-electron chi connectivity index (χ1n) is 6.84. The van der Waals surface area contributed by atoms with Crippen LogP contribution in [-0.2, 0) is 5.41 Å². The van der Waals surface area contributed by atoms with Crippen molar-refractivity contribution in [2.24, 2.45) is 0 Å². The number of benzene rings is 1. The van der Waals surface area contributed by atoms with Crippen LogP contribution >= 0.6 is 0 Å². The summed E-state index contributed by atoms with van der Waals surface area (Å²) in [7, 11) is 4.07. The molecule has 0 aliphatic rings. The van der Waals surface area contributed by atoms with E-state index in [4.69, 9.17) is 0 Å². The van der Waals surface area contributed by atoms with Crippen molar-refractivity contribution in [3.8, 4) is 0 Å². The lowest BCUT2D eigenvalue weighted by molar-refractivity contribution is 0.0952. The number of carbonyl (C=O) groups excluding carboxylic acids is 1. The summed E-state index contributed by atoms with van der Waals surface area (Å²) < 4.78 is 0. The summed E-state index contributed by atoms with van der Waals surface area (Å²) in [5.74, 6) is 0.0132. The zero-order valence-electron chi connectivity index (χ0n) is 12.8. The molecule has 0 fully saturated rings. The van der Waals surface area contributed by atoms with Crippen molar-refractivity contribution in [3.63, 3.8) is 0 Å². The van der Waals surface area contributed by atoms with Crippen LogP contribution < -0.4 is 5.32 Å². The molecule has 0 unspecified atom stereocenters. The minimum Gasteiger partial charge on any atom is -0.352 e. The average Bonchev–Trinajstić information content (AvgIpc) is 2.33. The van der Waals surface area contributed by atoms with Gasteiger partial charge in [0.15, 0.2) is 0 Å². The molecule has 0 atom stereocenters. The molecule has 0 heterocycles. The normalized spacial score (nSPS) is 11.7. The van der Waals surface area contributed by atoms with E-state index in [1.165, 1.54) is 5.56 Å². The highest BCUT2D eigenvalue weighted by Crippen LogP contribution is 2.22. The topological polar surface area (TPSA) is 32.3 Å². The fourth-order valence-corrected chi connectivity index (χ4v) is 1.82. The Morgan fingerprint density at radius 2 is 1.74 bits per heavy atom. The minimum atomic E-state index is 0.0132. The van der Waals surface area contributed by atoms with Crippen molar-refractivity contribution in [2.75, 3.05) is 27.2 Å². The van der Waals surface area contributed by atoms with E-state index in [-0.39, 0.29) is 11.3 Å². The van der Waals surface area contributed by atoms with Gasteiger partial charge in [-0.1, -0.05) is 32.9 Å². The second-order valence-corrected chi connectivity index (χ2v) is 6.24. The Bertz CT molecular complexity index is 402. The Morgan fingerprint density at radius 1 is 1.16 bits per heavy atom. The number of hydrogen-bond donors (Lipinski definition) is 1. The van der Waals surface area contributed by atoms with Crippen molar-refractivity contribution < 1.29 is 4.79 Å². The predicted molar refractivity (Wildman–Crippen MR) is 80.6 cm³/mol. The van der Waals surface area contributed by atoms with E-state index in [9.17, 15) is 4.79 Å². The largest absolute Gasteiger partial charge is 0.352 e. The van der Waals surface area contributed by atoms with Gasteiger partial charge in [-0.2, -0.15) is 0 Å². The zero-order chi connectivity index (χ0) is 14.5. The van der Waals surface area contributed by atoms with Crippen molar-refractivity contribution in [3.05, 3.63) is 35.4 Å². The predicted octanol–water partition coefficient (Wildman–Crippen LogP) is 2.67. The SMILES string of the molecule is CN(C)CCCNC(=O)c1ccc(C(C)(C)C)cc1. The highest BCUT2D eigenvalue weighted by atomic mass is 16.1. The minimum absolute atomic E-state index is 0.0132. The van der Waals surface area contributed by atoms with Gasteiger partial charge in [0.1, 0.15) is 0 Å². The lowest BCUT2D eigenvalue weighted by atomic mass is 9.87. The van der Waals surface area contributed by atoms with Crippen molar-refractivity contribution in [1.82, 2.24) is 10.2 Å². The molecule has 1 N–H and O–H groups in total. The molecule has 3 nitrogen and oxygen atoms in total. The molecule has 0 spiro atoms. The van der Waals surface area contributed by atoms with Gasteiger partial charge in [0.2, 0.25) is 0 Å². The quantitative estimate of drug-likeness (QED) is 0.827. The molecule has 1 rings (SSSR count). The fourth-order valence-electron chi connectivity index (χ4n) is 1.82. The molecular formula is C16H26N2O. The van der Waals surface area contributed by atoms with Crippen LogP contribution in [0.25, 0.3) is 0 Å². The molecule has 0 aromatic heterocycles. The first kappa shape index (κ1) is 15.7. The van der Waals surface area contributed by atoms with E-state index in [0.717, 1.165) is 25.1 Å². The molecule has 106 valence electrons. The van der Waals surface area contributed by atoms with E-state index in [1.807, 2.05) is 38.4 Å². The molecule has 0 saturated heterocycles. The molecule has 19 heavy (non-hydrogen) atoms. The Balaban J connectivity index is 2.49. The zero-order valence-corrected chi connectivity index (χ0v) is 12.8. The third-order valence-electron chi connectivity index (χ3n) is 3.08. The van der Waals surface area contributed by atoms with Gasteiger partial charge in [-0.05, 0) is 50.2 Å². The maximum atomic E-state index is 11.9. The maximum Gasteiger partial charge on any atom is 0.251 e. The molecule has 0 aliphatic heterocycles. The number of nitrogens with zero attached hydrogens (tertiary/aromatic N) is 1. The fraction of sp³-hybridized carbons (Fsp3) is 0.562. The van der Waals surface area contributed by atoms with Crippen LogP contribution in [0.15, 0.2) is 24.3 Å². The molecule has 1 aromatic rings. The number of rotatable bonds is 5.